The van der Waals surface area contributed by atoms with E-state index in [4.69, 9.17) is 10.1 Å². The van der Waals surface area contributed by atoms with Gasteiger partial charge in [0.15, 0.2) is 0 Å². The van der Waals surface area contributed by atoms with Crippen LogP contribution in [-0.4, -0.2) is 33.3 Å². The van der Waals surface area contributed by atoms with Crippen LogP contribution in [0.2, 0.25) is 0 Å². The largest absolute Gasteiger partial charge is 0.481 e. The predicted octanol–water partition coefficient (Wildman–Crippen LogP) is 4.37. The fraction of sp³-hybridized carbons (Fsp3) is 0.545. The average molecular weight is 383 g/mol. The van der Waals surface area contributed by atoms with Gasteiger partial charge in [-0.1, -0.05) is 25.3 Å². The third-order valence-electron chi connectivity index (χ3n) is 5.42. The van der Waals surface area contributed by atoms with Crippen LogP contribution in [0, 0.1) is 0 Å². The van der Waals surface area contributed by atoms with E-state index < -0.39 is 5.97 Å². The van der Waals surface area contributed by atoms with Gasteiger partial charge in [0.05, 0.1) is 6.42 Å². The van der Waals surface area contributed by atoms with Gasteiger partial charge in [-0.15, -0.1) is 0 Å². The normalized spacial score (nSPS) is 17.4. The van der Waals surface area contributed by atoms with Crippen molar-refractivity contribution in [3.63, 3.8) is 0 Å². The van der Waals surface area contributed by atoms with Gasteiger partial charge in [0, 0.05) is 24.7 Å². The summed E-state index contributed by atoms with van der Waals surface area (Å²) in [5.74, 6) is 0.334. The summed E-state index contributed by atoms with van der Waals surface area (Å²) in [4.78, 5) is 24.0. The van der Waals surface area contributed by atoms with Gasteiger partial charge >= 0.3 is 5.97 Å². The van der Waals surface area contributed by atoms with E-state index in [1.54, 1.807) is 12.4 Å². The lowest BCUT2D eigenvalue weighted by Gasteiger charge is -2.17. The lowest BCUT2D eigenvalue weighted by atomic mass is 9.92. The van der Waals surface area contributed by atoms with E-state index in [1.807, 2.05) is 0 Å². The number of hydrogen-bond donors (Lipinski definition) is 2. The number of aliphatic imine (C=N–C) groups is 1. The minimum atomic E-state index is -0.767. The molecule has 1 atom stereocenters. The Morgan fingerprint density at radius 2 is 2.00 bits per heavy atom. The second kappa shape index (κ2) is 10.7. The maximum atomic E-state index is 11.2. The molecule has 6 nitrogen and oxygen atoms in total. The average Bonchev–Trinajstić information content (AvgIpc) is 2.92. The Morgan fingerprint density at radius 3 is 2.82 bits per heavy atom. The molecule has 0 aliphatic carbocycles. The standard InChI is InChI=1S/C22H30N4O2/c27-21(28)13-18(19-14-23-16-24-15-19)7-3-1-2-4-10-20-11-5-8-17-9-6-12-25-22(17)26-20/h5,11,14-16,18,25H,1-4,6-10,12-13H2,(H,27,28). The highest BCUT2D eigenvalue weighted by atomic mass is 16.4. The molecule has 1 unspecified atom stereocenters. The molecular weight excluding hydrogens is 352 g/mol. The smallest absolute Gasteiger partial charge is 0.303 e. The first-order chi connectivity index (χ1) is 13.7. The van der Waals surface area contributed by atoms with Crippen molar-refractivity contribution in [1.82, 2.24) is 15.3 Å². The molecule has 2 N–H and O–H groups in total. The third-order valence-corrected chi connectivity index (χ3v) is 5.42. The maximum absolute atomic E-state index is 11.2. The van der Waals surface area contributed by atoms with Crippen molar-refractivity contribution in [2.75, 3.05) is 6.54 Å². The zero-order valence-corrected chi connectivity index (χ0v) is 16.4. The lowest BCUT2D eigenvalue weighted by molar-refractivity contribution is -0.137. The number of carboxylic acid groups (broad SMARTS) is 1. The zero-order valence-electron chi connectivity index (χ0n) is 16.4. The topological polar surface area (TPSA) is 87.5 Å². The van der Waals surface area contributed by atoms with Crippen LogP contribution in [0.5, 0.6) is 0 Å². The predicted molar refractivity (Wildman–Crippen MR) is 110 cm³/mol. The van der Waals surface area contributed by atoms with Crippen molar-refractivity contribution >= 4 is 11.7 Å². The molecule has 0 amide bonds. The number of carbonyl (C=O) groups is 1. The van der Waals surface area contributed by atoms with Crippen LogP contribution in [0.4, 0.5) is 0 Å². The van der Waals surface area contributed by atoms with E-state index in [2.05, 4.69) is 27.4 Å². The number of aliphatic carboxylic acids is 1. The van der Waals surface area contributed by atoms with Gasteiger partial charge in [-0.3, -0.25) is 4.79 Å². The van der Waals surface area contributed by atoms with Gasteiger partial charge in [-0.25, -0.2) is 15.0 Å². The molecule has 6 heteroatoms. The van der Waals surface area contributed by atoms with Gasteiger partial charge in [-0.2, -0.15) is 0 Å². The Bertz CT molecular complexity index is 740. The molecule has 2 aliphatic heterocycles. The summed E-state index contributed by atoms with van der Waals surface area (Å²) < 4.78 is 0. The molecule has 0 saturated heterocycles. The molecule has 3 heterocycles. The van der Waals surface area contributed by atoms with Crippen molar-refractivity contribution in [1.29, 1.82) is 0 Å². The van der Waals surface area contributed by atoms with Crippen molar-refractivity contribution in [3.8, 4) is 0 Å². The van der Waals surface area contributed by atoms with Crippen molar-refractivity contribution in [2.24, 2.45) is 4.99 Å². The van der Waals surface area contributed by atoms with Gasteiger partial charge in [0.25, 0.3) is 0 Å². The molecule has 0 fully saturated rings. The number of allylic oxidation sites excluding steroid dienone is 3. The molecule has 0 aromatic carbocycles. The summed E-state index contributed by atoms with van der Waals surface area (Å²) in [5, 5.41) is 12.6. The molecule has 2 aliphatic rings. The Morgan fingerprint density at radius 1 is 1.18 bits per heavy atom. The minimum Gasteiger partial charge on any atom is -0.481 e. The van der Waals surface area contributed by atoms with Crippen LogP contribution >= 0.6 is 0 Å². The number of rotatable bonds is 10. The second-order valence-electron chi connectivity index (χ2n) is 7.61. The number of aromatic nitrogens is 2. The summed E-state index contributed by atoms with van der Waals surface area (Å²) in [6, 6.07) is 0. The second-order valence-corrected chi connectivity index (χ2v) is 7.61. The molecule has 28 heavy (non-hydrogen) atoms. The molecule has 0 saturated carbocycles. The van der Waals surface area contributed by atoms with Gasteiger partial charge in [0.2, 0.25) is 0 Å². The Labute approximate surface area is 166 Å². The molecule has 0 spiro atoms. The molecule has 1 aromatic heterocycles. The summed E-state index contributed by atoms with van der Waals surface area (Å²) in [7, 11) is 0. The van der Waals surface area contributed by atoms with Gasteiger partial charge < -0.3 is 10.4 Å². The fourth-order valence-corrected chi connectivity index (χ4v) is 3.90. The number of nitrogens with zero attached hydrogens (tertiary/aromatic N) is 3. The highest BCUT2D eigenvalue weighted by molar-refractivity contribution is 5.96. The fourth-order valence-electron chi connectivity index (χ4n) is 3.90. The maximum Gasteiger partial charge on any atom is 0.303 e. The van der Waals surface area contributed by atoms with Crippen LogP contribution in [-0.2, 0) is 4.79 Å². The number of carboxylic acids is 1. The van der Waals surface area contributed by atoms with Crippen molar-refractivity contribution in [2.45, 2.75) is 70.1 Å². The van der Waals surface area contributed by atoms with Crippen molar-refractivity contribution in [3.05, 3.63) is 47.8 Å². The minimum absolute atomic E-state index is 0.00407. The first-order valence-electron chi connectivity index (χ1n) is 10.4. The molecule has 3 rings (SSSR count). The molecule has 0 radical (unpaired) electrons. The molecule has 1 aromatic rings. The summed E-state index contributed by atoms with van der Waals surface area (Å²) in [5.41, 5.74) is 3.53. The van der Waals surface area contributed by atoms with Gasteiger partial charge in [-0.05, 0) is 61.7 Å². The summed E-state index contributed by atoms with van der Waals surface area (Å²) in [6.45, 7) is 1.03. The first kappa shape index (κ1) is 20.2. The highest BCUT2D eigenvalue weighted by Gasteiger charge is 2.16. The Kier molecular flexibility index (Phi) is 7.76. The lowest BCUT2D eigenvalue weighted by Crippen LogP contribution is -2.20. The summed E-state index contributed by atoms with van der Waals surface area (Å²) in [6.07, 6.45) is 19.1. The van der Waals surface area contributed by atoms with Crippen molar-refractivity contribution < 1.29 is 9.90 Å². The third kappa shape index (κ3) is 6.29. The Hall–Kier alpha value is -2.50. The summed E-state index contributed by atoms with van der Waals surface area (Å²) >= 11 is 0. The Balaban J connectivity index is 1.40. The van der Waals surface area contributed by atoms with Crippen LogP contribution in [0.3, 0.4) is 0 Å². The SMILES string of the molecule is O=C(O)CC(CCCCCCC1=NC2=C(CC=C1)CCCN2)c1cncnc1. The highest BCUT2D eigenvalue weighted by Crippen LogP contribution is 2.26. The molecular formula is C22H30N4O2. The van der Waals surface area contributed by atoms with E-state index in [0.29, 0.717) is 0 Å². The van der Waals surface area contributed by atoms with E-state index in [0.717, 1.165) is 69.3 Å². The number of unbranched alkanes of at least 4 members (excludes halogenated alkanes) is 3. The first-order valence-corrected chi connectivity index (χ1v) is 10.4. The van der Waals surface area contributed by atoms with E-state index in [9.17, 15) is 4.79 Å². The van der Waals surface area contributed by atoms with E-state index in [1.165, 1.54) is 24.0 Å². The van der Waals surface area contributed by atoms with Crippen LogP contribution in [0.1, 0.15) is 75.7 Å². The van der Waals surface area contributed by atoms with Crippen LogP contribution in [0.15, 0.2) is 47.3 Å². The monoisotopic (exact) mass is 382 g/mol. The molecule has 150 valence electrons. The number of hydrogen-bond acceptors (Lipinski definition) is 5. The quantitative estimate of drug-likeness (QED) is 0.587. The van der Waals surface area contributed by atoms with Crippen LogP contribution < -0.4 is 5.32 Å². The number of nitrogens with one attached hydrogen (secondary N) is 1. The zero-order chi connectivity index (χ0) is 19.6. The van der Waals surface area contributed by atoms with E-state index in [-0.39, 0.29) is 12.3 Å². The van der Waals surface area contributed by atoms with Crippen LogP contribution in [0.25, 0.3) is 0 Å². The van der Waals surface area contributed by atoms with E-state index >= 15 is 0 Å². The molecule has 0 bridgehead atoms. The van der Waals surface area contributed by atoms with Gasteiger partial charge in [0.1, 0.15) is 12.1 Å².